The van der Waals surface area contributed by atoms with E-state index in [9.17, 15) is 5.11 Å². The zero-order valence-electron chi connectivity index (χ0n) is 9.62. The summed E-state index contributed by atoms with van der Waals surface area (Å²) in [7, 11) is 0. The second-order valence-corrected chi connectivity index (χ2v) is 5.20. The van der Waals surface area contributed by atoms with Crippen molar-refractivity contribution >= 4 is 0 Å². The standard InChI is InChI=1S/C13H19NO/c1-8-4-5-9(11(15)6-8)12-10(7-14)13(12,2)3/h4-6,10,12,15H,7,14H2,1-3H3/t10-,12-/m0/s1. The van der Waals surface area contributed by atoms with Crippen LogP contribution in [0, 0.1) is 18.3 Å². The van der Waals surface area contributed by atoms with Crippen LogP contribution in [0.15, 0.2) is 18.2 Å². The van der Waals surface area contributed by atoms with E-state index in [-0.39, 0.29) is 5.41 Å². The lowest BCUT2D eigenvalue weighted by atomic mass is 10.0. The van der Waals surface area contributed by atoms with Gasteiger partial charge in [0.15, 0.2) is 0 Å². The molecule has 0 heterocycles. The van der Waals surface area contributed by atoms with Crippen molar-refractivity contribution in [1.29, 1.82) is 0 Å². The van der Waals surface area contributed by atoms with Crippen LogP contribution in [-0.2, 0) is 0 Å². The van der Waals surface area contributed by atoms with E-state index in [1.54, 1.807) is 0 Å². The Hall–Kier alpha value is -1.02. The van der Waals surface area contributed by atoms with E-state index in [1.807, 2.05) is 19.1 Å². The smallest absolute Gasteiger partial charge is 0.119 e. The van der Waals surface area contributed by atoms with Gasteiger partial charge in [0, 0.05) is 0 Å². The van der Waals surface area contributed by atoms with Crippen molar-refractivity contribution in [2.24, 2.45) is 17.1 Å². The first kappa shape index (κ1) is 10.5. The summed E-state index contributed by atoms with van der Waals surface area (Å²) >= 11 is 0. The fourth-order valence-electron chi connectivity index (χ4n) is 2.72. The van der Waals surface area contributed by atoms with Crippen LogP contribution in [0.1, 0.15) is 30.9 Å². The van der Waals surface area contributed by atoms with Crippen molar-refractivity contribution in [3.63, 3.8) is 0 Å². The molecule has 1 aliphatic carbocycles. The van der Waals surface area contributed by atoms with Crippen LogP contribution in [0.2, 0.25) is 0 Å². The summed E-state index contributed by atoms with van der Waals surface area (Å²) in [5.41, 5.74) is 8.13. The highest BCUT2D eigenvalue weighted by Gasteiger charge is 2.57. The average molecular weight is 205 g/mol. The molecule has 3 N–H and O–H groups in total. The number of aromatic hydroxyl groups is 1. The molecule has 2 atom stereocenters. The zero-order valence-corrected chi connectivity index (χ0v) is 9.62. The van der Waals surface area contributed by atoms with Crippen LogP contribution in [0.5, 0.6) is 5.75 Å². The summed E-state index contributed by atoms with van der Waals surface area (Å²) in [5, 5.41) is 9.91. The molecule has 1 saturated carbocycles. The second-order valence-electron chi connectivity index (χ2n) is 5.20. The van der Waals surface area contributed by atoms with Gasteiger partial charge in [-0.3, -0.25) is 0 Å². The Kier molecular flexibility index (Phi) is 2.27. The molecule has 82 valence electrons. The molecular formula is C13H19NO. The highest BCUT2D eigenvalue weighted by Crippen LogP contribution is 2.65. The van der Waals surface area contributed by atoms with Gasteiger partial charge in [-0.2, -0.15) is 0 Å². The molecule has 15 heavy (non-hydrogen) atoms. The molecule has 0 spiro atoms. The normalized spacial score (nSPS) is 27.7. The molecule has 0 saturated heterocycles. The maximum absolute atomic E-state index is 9.91. The predicted molar refractivity (Wildman–Crippen MR) is 61.9 cm³/mol. The maximum Gasteiger partial charge on any atom is 0.119 e. The quantitative estimate of drug-likeness (QED) is 0.778. The molecule has 0 unspecified atom stereocenters. The molecule has 1 aromatic rings. The molecular weight excluding hydrogens is 186 g/mol. The fraction of sp³-hybridized carbons (Fsp3) is 0.538. The van der Waals surface area contributed by atoms with Gasteiger partial charge >= 0.3 is 0 Å². The number of phenols is 1. The van der Waals surface area contributed by atoms with E-state index in [1.165, 1.54) is 0 Å². The van der Waals surface area contributed by atoms with Gasteiger partial charge in [0.2, 0.25) is 0 Å². The minimum atomic E-state index is 0.238. The first-order valence-corrected chi connectivity index (χ1v) is 5.48. The number of hydrogen-bond acceptors (Lipinski definition) is 2. The average Bonchev–Trinajstić information content (AvgIpc) is 2.68. The van der Waals surface area contributed by atoms with Crippen molar-refractivity contribution in [3.8, 4) is 5.75 Å². The topological polar surface area (TPSA) is 46.2 Å². The molecule has 2 nitrogen and oxygen atoms in total. The number of rotatable bonds is 2. The first-order chi connectivity index (χ1) is 6.98. The summed E-state index contributed by atoms with van der Waals surface area (Å²) in [4.78, 5) is 0. The Morgan fingerprint density at radius 3 is 2.53 bits per heavy atom. The third kappa shape index (κ3) is 1.53. The summed E-state index contributed by atoms with van der Waals surface area (Å²) in [6.45, 7) is 7.12. The van der Waals surface area contributed by atoms with Crippen molar-refractivity contribution < 1.29 is 5.11 Å². The minimum Gasteiger partial charge on any atom is -0.508 e. The van der Waals surface area contributed by atoms with Gasteiger partial charge in [-0.25, -0.2) is 0 Å². The monoisotopic (exact) mass is 205 g/mol. The molecule has 1 aromatic carbocycles. The molecule has 2 heteroatoms. The molecule has 2 rings (SSSR count). The molecule has 0 aliphatic heterocycles. The van der Waals surface area contributed by atoms with E-state index in [4.69, 9.17) is 5.73 Å². The number of phenolic OH excluding ortho intramolecular Hbond substituents is 1. The Labute approximate surface area is 91.1 Å². The van der Waals surface area contributed by atoms with Crippen LogP contribution in [0.3, 0.4) is 0 Å². The largest absolute Gasteiger partial charge is 0.508 e. The molecule has 0 amide bonds. The van der Waals surface area contributed by atoms with Gasteiger partial charge in [0.05, 0.1) is 0 Å². The van der Waals surface area contributed by atoms with Gasteiger partial charge in [-0.1, -0.05) is 26.0 Å². The highest BCUT2D eigenvalue weighted by atomic mass is 16.3. The summed E-state index contributed by atoms with van der Waals surface area (Å²) < 4.78 is 0. The van der Waals surface area contributed by atoms with Crippen molar-refractivity contribution in [1.82, 2.24) is 0 Å². The second kappa shape index (κ2) is 3.24. The Morgan fingerprint density at radius 1 is 1.40 bits per heavy atom. The van der Waals surface area contributed by atoms with E-state index < -0.39 is 0 Å². The van der Waals surface area contributed by atoms with Crippen molar-refractivity contribution in [3.05, 3.63) is 29.3 Å². The Morgan fingerprint density at radius 2 is 2.07 bits per heavy atom. The predicted octanol–water partition coefficient (Wildman–Crippen LogP) is 2.40. The summed E-state index contributed by atoms with van der Waals surface area (Å²) in [5.74, 6) is 1.35. The Bertz CT molecular complexity index is 384. The minimum absolute atomic E-state index is 0.238. The number of nitrogens with two attached hydrogens (primary N) is 1. The molecule has 0 aromatic heterocycles. The van der Waals surface area contributed by atoms with Crippen LogP contribution < -0.4 is 5.73 Å². The zero-order chi connectivity index (χ0) is 11.2. The highest BCUT2D eigenvalue weighted by molar-refractivity contribution is 5.43. The molecule has 1 fully saturated rings. The van der Waals surface area contributed by atoms with Crippen LogP contribution in [-0.4, -0.2) is 11.7 Å². The fourth-order valence-corrected chi connectivity index (χ4v) is 2.72. The summed E-state index contributed by atoms with van der Waals surface area (Å²) in [6, 6.07) is 5.92. The SMILES string of the molecule is Cc1ccc([C@H]2[C@H](CN)C2(C)C)c(O)c1. The molecule has 0 radical (unpaired) electrons. The lowest BCUT2D eigenvalue weighted by Crippen LogP contribution is -2.05. The van der Waals surface area contributed by atoms with Gasteiger partial charge in [0.1, 0.15) is 5.75 Å². The van der Waals surface area contributed by atoms with Crippen LogP contribution in [0.25, 0.3) is 0 Å². The third-order valence-electron chi connectivity index (χ3n) is 3.83. The third-order valence-corrected chi connectivity index (χ3v) is 3.83. The molecule has 0 bridgehead atoms. The maximum atomic E-state index is 9.91. The number of aryl methyl sites for hydroxylation is 1. The number of hydrogen-bond donors (Lipinski definition) is 2. The number of benzene rings is 1. The Balaban J connectivity index is 2.33. The van der Waals surface area contributed by atoms with Gasteiger partial charge in [0.25, 0.3) is 0 Å². The van der Waals surface area contributed by atoms with E-state index in [0.29, 0.717) is 24.1 Å². The van der Waals surface area contributed by atoms with Crippen LogP contribution >= 0.6 is 0 Å². The van der Waals surface area contributed by atoms with Crippen LogP contribution in [0.4, 0.5) is 0 Å². The van der Waals surface area contributed by atoms with E-state index in [0.717, 1.165) is 11.1 Å². The molecule has 1 aliphatic rings. The lowest BCUT2D eigenvalue weighted by molar-refractivity contribution is 0.464. The van der Waals surface area contributed by atoms with E-state index in [2.05, 4.69) is 19.9 Å². The summed E-state index contributed by atoms with van der Waals surface area (Å²) in [6.07, 6.45) is 0. The van der Waals surface area contributed by atoms with Crippen molar-refractivity contribution in [2.45, 2.75) is 26.7 Å². The van der Waals surface area contributed by atoms with Gasteiger partial charge in [-0.15, -0.1) is 0 Å². The van der Waals surface area contributed by atoms with Gasteiger partial charge in [-0.05, 0) is 47.9 Å². The van der Waals surface area contributed by atoms with Gasteiger partial charge < -0.3 is 10.8 Å². The first-order valence-electron chi connectivity index (χ1n) is 5.48. The lowest BCUT2D eigenvalue weighted by Gasteiger charge is -2.06. The van der Waals surface area contributed by atoms with Crippen molar-refractivity contribution in [2.75, 3.05) is 6.54 Å². The van der Waals surface area contributed by atoms with E-state index >= 15 is 0 Å².